The predicted octanol–water partition coefficient (Wildman–Crippen LogP) is 0.851. The van der Waals surface area contributed by atoms with Crippen LogP contribution in [0.5, 0.6) is 0 Å². The zero-order valence-corrected chi connectivity index (χ0v) is 9.25. The maximum atomic E-state index is 10.1. The standard InChI is InChI=1S/C4H3IN2.C4H4N2O/c5-4-6-2-1-3-7-4;7-4-5-2-1-3-6-4/h1-3H;1-3H,(H,5,6,7). The van der Waals surface area contributed by atoms with E-state index in [0.29, 0.717) is 0 Å². The molecule has 0 aliphatic heterocycles. The Balaban J connectivity index is 0.000000140. The fraction of sp³-hybridized carbons (Fsp3) is 0. The normalized spacial score (nSPS) is 8.64. The van der Waals surface area contributed by atoms with E-state index in [1.54, 1.807) is 24.5 Å². The fourth-order valence-corrected chi connectivity index (χ4v) is 0.913. The molecule has 0 unspecified atom stereocenters. The van der Waals surface area contributed by atoms with Gasteiger partial charge in [-0.2, -0.15) is 0 Å². The molecule has 0 aliphatic rings. The lowest BCUT2D eigenvalue weighted by Gasteiger charge is -1.79. The number of H-pyrrole nitrogens is 1. The Labute approximate surface area is 93.8 Å². The van der Waals surface area contributed by atoms with E-state index in [9.17, 15) is 4.79 Å². The Hall–Kier alpha value is -1.31. The summed E-state index contributed by atoms with van der Waals surface area (Å²) < 4.78 is 0.792. The van der Waals surface area contributed by atoms with Gasteiger partial charge in [0, 0.05) is 47.4 Å². The highest BCUT2D eigenvalue weighted by molar-refractivity contribution is 14.1. The second-order valence-corrected chi connectivity index (χ2v) is 3.07. The van der Waals surface area contributed by atoms with E-state index in [4.69, 9.17) is 0 Å². The molecule has 0 saturated carbocycles. The van der Waals surface area contributed by atoms with Crippen molar-refractivity contribution in [3.8, 4) is 0 Å². The molecule has 2 heterocycles. The van der Waals surface area contributed by atoms with Crippen molar-refractivity contribution < 1.29 is 0 Å². The summed E-state index contributed by atoms with van der Waals surface area (Å²) in [6, 6.07) is 3.45. The van der Waals surface area contributed by atoms with Gasteiger partial charge in [-0.05, 0) is 12.1 Å². The summed E-state index contributed by atoms with van der Waals surface area (Å²) in [7, 11) is 0. The molecule has 0 atom stereocenters. The van der Waals surface area contributed by atoms with Gasteiger partial charge in [-0.3, -0.25) is 0 Å². The maximum Gasteiger partial charge on any atom is 0.344 e. The molecule has 0 fully saturated rings. The van der Waals surface area contributed by atoms with Crippen molar-refractivity contribution >= 4 is 22.6 Å². The first-order chi connectivity index (χ1) is 6.79. The largest absolute Gasteiger partial charge is 0.344 e. The number of aromatic nitrogens is 4. The molecule has 72 valence electrons. The summed E-state index contributed by atoms with van der Waals surface area (Å²) >= 11 is 2.06. The van der Waals surface area contributed by atoms with Crippen LogP contribution in [0.2, 0.25) is 0 Å². The van der Waals surface area contributed by atoms with Crippen LogP contribution >= 0.6 is 22.6 Å². The van der Waals surface area contributed by atoms with Gasteiger partial charge >= 0.3 is 5.69 Å². The molecule has 0 radical (unpaired) electrons. The highest BCUT2D eigenvalue weighted by Gasteiger charge is 1.77. The first-order valence-corrected chi connectivity index (χ1v) is 4.79. The van der Waals surface area contributed by atoms with E-state index in [1.165, 1.54) is 12.4 Å². The van der Waals surface area contributed by atoms with E-state index in [2.05, 4.69) is 42.5 Å². The SMILES string of the molecule is Ic1ncccn1.O=c1nccc[nH]1. The lowest BCUT2D eigenvalue weighted by atomic mass is 10.7. The quantitative estimate of drug-likeness (QED) is 0.578. The molecule has 5 nitrogen and oxygen atoms in total. The number of nitrogens with one attached hydrogen (secondary N) is 1. The summed E-state index contributed by atoms with van der Waals surface area (Å²) in [6.07, 6.45) is 6.41. The third-order valence-electron chi connectivity index (χ3n) is 1.12. The zero-order valence-electron chi connectivity index (χ0n) is 7.09. The molecule has 1 N–H and O–H groups in total. The highest BCUT2D eigenvalue weighted by Crippen LogP contribution is 1.89. The minimum Gasteiger partial charge on any atom is -0.313 e. The van der Waals surface area contributed by atoms with Gasteiger partial charge in [-0.25, -0.2) is 19.7 Å². The van der Waals surface area contributed by atoms with Gasteiger partial charge in [-0.1, -0.05) is 0 Å². The van der Waals surface area contributed by atoms with Crippen LogP contribution in [-0.2, 0) is 0 Å². The van der Waals surface area contributed by atoms with E-state index >= 15 is 0 Å². The summed E-state index contributed by atoms with van der Waals surface area (Å²) in [5, 5.41) is 0. The van der Waals surface area contributed by atoms with Crippen molar-refractivity contribution in [3.63, 3.8) is 0 Å². The highest BCUT2D eigenvalue weighted by atomic mass is 127. The molecule has 0 aromatic carbocycles. The summed E-state index contributed by atoms with van der Waals surface area (Å²) in [5.74, 6) is 0. The van der Waals surface area contributed by atoms with Crippen molar-refractivity contribution in [1.29, 1.82) is 0 Å². The van der Waals surface area contributed by atoms with Crippen LogP contribution < -0.4 is 5.69 Å². The Morgan fingerprint density at radius 3 is 2.00 bits per heavy atom. The molecule has 2 aromatic rings. The van der Waals surface area contributed by atoms with Crippen molar-refractivity contribution in [2.75, 3.05) is 0 Å². The van der Waals surface area contributed by atoms with E-state index in [0.717, 1.165) is 3.83 Å². The lowest BCUT2D eigenvalue weighted by Crippen LogP contribution is -2.05. The van der Waals surface area contributed by atoms with Crippen LogP contribution in [0.25, 0.3) is 0 Å². The number of rotatable bonds is 0. The van der Waals surface area contributed by atoms with Crippen LogP contribution in [-0.4, -0.2) is 19.9 Å². The average Bonchev–Trinajstić information content (AvgIpc) is 2.21. The van der Waals surface area contributed by atoms with Crippen LogP contribution in [0.3, 0.4) is 0 Å². The van der Waals surface area contributed by atoms with Crippen LogP contribution in [0.1, 0.15) is 0 Å². The predicted molar refractivity (Wildman–Crippen MR) is 59.6 cm³/mol. The number of aromatic amines is 1. The van der Waals surface area contributed by atoms with Gasteiger partial charge in [0.15, 0.2) is 3.83 Å². The fourth-order valence-electron chi connectivity index (χ4n) is 0.591. The first kappa shape index (κ1) is 10.8. The summed E-state index contributed by atoms with van der Waals surface area (Å²) in [5.41, 5.74) is -0.303. The third-order valence-corrected chi connectivity index (χ3v) is 1.67. The summed E-state index contributed by atoms with van der Waals surface area (Å²) in [6.45, 7) is 0. The topological polar surface area (TPSA) is 71.5 Å². The Morgan fingerprint density at radius 1 is 1.07 bits per heavy atom. The third kappa shape index (κ3) is 4.65. The maximum absolute atomic E-state index is 10.1. The van der Waals surface area contributed by atoms with E-state index in [1.807, 2.05) is 0 Å². The van der Waals surface area contributed by atoms with Gasteiger partial charge in [0.25, 0.3) is 0 Å². The number of hydrogen-bond acceptors (Lipinski definition) is 4. The zero-order chi connectivity index (χ0) is 10.2. The average molecular weight is 302 g/mol. The molecule has 2 aromatic heterocycles. The molecule has 14 heavy (non-hydrogen) atoms. The van der Waals surface area contributed by atoms with E-state index in [-0.39, 0.29) is 5.69 Å². The van der Waals surface area contributed by atoms with E-state index < -0.39 is 0 Å². The molecule has 0 amide bonds. The smallest absolute Gasteiger partial charge is 0.313 e. The lowest BCUT2D eigenvalue weighted by molar-refractivity contribution is 1.08. The second kappa shape index (κ2) is 6.19. The monoisotopic (exact) mass is 302 g/mol. The van der Waals surface area contributed by atoms with Crippen LogP contribution in [0.15, 0.2) is 41.7 Å². The Bertz CT molecular complexity index is 399. The minimum atomic E-state index is -0.303. The van der Waals surface area contributed by atoms with Crippen LogP contribution in [0, 0.1) is 3.83 Å². The summed E-state index contributed by atoms with van der Waals surface area (Å²) in [4.78, 5) is 23.5. The van der Waals surface area contributed by atoms with Gasteiger partial charge < -0.3 is 4.98 Å². The number of nitrogens with zero attached hydrogens (tertiary/aromatic N) is 3. The van der Waals surface area contributed by atoms with Crippen molar-refractivity contribution in [1.82, 2.24) is 19.9 Å². The second-order valence-electron chi connectivity index (χ2n) is 2.10. The Morgan fingerprint density at radius 2 is 1.71 bits per heavy atom. The number of hydrogen-bond donors (Lipinski definition) is 1. The molecule has 0 spiro atoms. The van der Waals surface area contributed by atoms with Crippen LogP contribution in [0.4, 0.5) is 0 Å². The number of halogens is 1. The molecular weight excluding hydrogens is 295 g/mol. The Kier molecular flexibility index (Phi) is 4.76. The van der Waals surface area contributed by atoms with Crippen molar-refractivity contribution in [2.45, 2.75) is 0 Å². The molecular formula is C8H7IN4O. The minimum absolute atomic E-state index is 0.303. The van der Waals surface area contributed by atoms with Crippen molar-refractivity contribution in [2.24, 2.45) is 0 Å². The molecule has 6 heteroatoms. The molecule has 0 saturated heterocycles. The van der Waals surface area contributed by atoms with Crippen molar-refractivity contribution in [3.05, 3.63) is 51.2 Å². The molecule has 2 rings (SSSR count). The van der Waals surface area contributed by atoms with Gasteiger partial charge in [-0.15, -0.1) is 0 Å². The molecule has 0 bridgehead atoms. The van der Waals surface area contributed by atoms with Gasteiger partial charge in [0.05, 0.1) is 0 Å². The van der Waals surface area contributed by atoms with Gasteiger partial charge in [0.2, 0.25) is 0 Å². The first-order valence-electron chi connectivity index (χ1n) is 3.71. The molecule has 0 aliphatic carbocycles. The van der Waals surface area contributed by atoms with Gasteiger partial charge in [0.1, 0.15) is 0 Å².